The van der Waals surface area contributed by atoms with Crippen LogP contribution in [0.1, 0.15) is 35.1 Å². The minimum atomic E-state index is -0.965. The van der Waals surface area contributed by atoms with Crippen LogP contribution in [0.4, 0.5) is 4.79 Å². The first-order valence-electron chi connectivity index (χ1n) is 8.36. The fourth-order valence-corrected chi connectivity index (χ4v) is 3.89. The van der Waals surface area contributed by atoms with Gasteiger partial charge in [0, 0.05) is 0 Å². The van der Waals surface area contributed by atoms with E-state index in [4.69, 9.17) is 0 Å². The number of nitriles is 1. The van der Waals surface area contributed by atoms with Crippen LogP contribution in [0.5, 0.6) is 0 Å². The monoisotopic (exact) mass is 331 g/mol. The van der Waals surface area contributed by atoms with E-state index in [2.05, 4.69) is 11.4 Å². The molecule has 4 rings (SSSR count). The Morgan fingerprint density at radius 3 is 2.72 bits per heavy atom. The minimum absolute atomic E-state index is 0.109. The van der Waals surface area contributed by atoms with Crippen molar-refractivity contribution < 1.29 is 9.59 Å². The van der Waals surface area contributed by atoms with E-state index in [1.165, 1.54) is 4.90 Å². The fourth-order valence-electron chi connectivity index (χ4n) is 3.89. The van der Waals surface area contributed by atoms with Crippen molar-refractivity contribution in [2.75, 3.05) is 0 Å². The zero-order valence-electron chi connectivity index (χ0n) is 13.7. The van der Waals surface area contributed by atoms with E-state index in [-0.39, 0.29) is 12.5 Å². The molecule has 25 heavy (non-hydrogen) atoms. The molecule has 3 amide bonds. The molecule has 2 aromatic carbocycles. The first-order valence-corrected chi connectivity index (χ1v) is 8.36. The number of fused-ring (bicyclic) bond motifs is 2. The normalized spacial score (nSPS) is 21.8. The highest BCUT2D eigenvalue weighted by Gasteiger charge is 2.53. The Labute approximate surface area is 145 Å². The fraction of sp³-hybridized carbons (Fsp3) is 0.250. The maximum Gasteiger partial charge on any atom is 0.325 e. The highest BCUT2D eigenvalue weighted by Crippen LogP contribution is 2.40. The van der Waals surface area contributed by atoms with Crippen molar-refractivity contribution in [3.8, 4) is 6.07 Å². The van der Waals surface area contributed by atoms with E-state index >= 15 is 0 Å². The number of amides is 3. The molecular formula is C20H17N3O2. The van der Waals surface area contributed by atoms with E-state index in [9.17, 15) is 14.9 Å². The standard InChI is InChI=1S/C20H17N3O2/c21-12-15-7-1-2-8-16(15)13-23-18(24)20(22-19(23)25)11-5-9-14-6-3-4-10-17(14)20/h1-4,6-8,10H,5,9,11,13H2,(H,22,25). The summed E-state index contributed by atoms with van der Waals surface area (Å²) < 4.78 is 0. The van der Waals surface area contributed by atoms with Gasteiger partial charge in [-0.05, 0) is 42.0 Å². The third-order valence-corrected chi connectivity index (χ3v) is 5.12. The molecule has 0 aromatic heterocycles. The number of imide groups is 1. The van der Waals surface area contributed by atoms with Gasteiger partial charge in [0.05, 0.1) is 18.2 Å². The number of aryl methyl sites for hydroxylation is 1. The molecule has 5 nitrogen and oxygen atoms in total. The Kier molecular flexibility index (Phi) is 3.54. The molecule has 1 saturated heterocycles. The summed E-state index contributed by atoms with van der Waals surface area (Å²) in [4.78, 5) is 27.0. The highest BCUT2D eigenvalue weighted by atomic mass is 16.2. The van der Waals surface area contributed by atoms with Crippen LogP contribution < -0.4 is 5.32 Å². The van der Waals surface area contributed by atoms with Crippen molar-refractivity contribution >= 4 is 11.9 Å². The van der Waals surface area contributed by atoms with E-state index in [0.29, 0.717) is 17.5 Å². The number of carbonyl (C=O) groups excluding carboxylic acids is 2. The lowest BCUT2D eigenvalue weighted by molar-refractivity contribution is -0.132. The molecule has 1 spiro atoms. The molecule has 1 heterocycles. The van der Waals surface area contributed by atoms with Gasteiger partial charge in [0.1, 0.15) is 5.54 Å². The number of carbonyl (C=O) groups is 2. The molecule has 1 atom stereocenters. The number of urea groups is 1. The number of hydrogen-bond donors (Lipinski definition) is 1. The van der Waals surface area contributed by atoms with Gasteiger partial charge in [-0.25, -0.2) is 4.79 Å². The van der Waals surface area contributed by atoms with Gasteiger partial charge in [0.25, 0.3) is 5.91 Å². The quantitative estimate of drug-likeness (QED) is 0.860. The van der Waals surface area contributed by atoms with Crippen LogP contribution in [-0.4, -0.2) is 16.8 Å². The maximum absolute atomic E-state index is 13.2. The lowest BCUT2D eigenvalue weighted by Crippen LogP contribution is -2.46. The van der Waals surface area contributed by atoms with Gasteiger partial charge in [0.15, 0.2) is 0 Å². The van der Waals surface area contributed by atoms with Gasteiger partial charge in [-0.2, -0.15) is 5.26 Å². The molecule has 1 aliphatic carbocycles. The summed E-state index contributed by atoms with van der Waals surface area (Å²) in [6, 6.07) is 16.6. The maximum atomic E-state index is 13.2. The first kappa shape index (κ1) is 15.4. The molecular weight excluding hydrogens is 314 g/mol. The summed E-state index contributed by atoms with van der Waals surface area (Å²) in [6.45, 7) is 0.109. The Morgan fingerprint density at radius 1 is 1.12 bits per heavy atom. The number of benzene rings is 2. The smallest absolute Gasteiger partial charge is 0.319 e. The van der Waals surface area contributed by atoms with Crippen molar-refractivity contribution in [1.29, 1.82) is 5.26 Å². The molecule has 1 unspecified atom stereocenters. The number of rotatable bonds is 2. The summed E-state index contributed by atoms with van der Waals surface area (Å²) in [5.41, 5.74) is 2.20. The number of nitrogens with one attached hydrogen (secondary N) is 1. The van der Waals surface area contributed by atoms with Gasteiger partial charge in [-0.1, -0.05) is 42.5 Å². The summed E-state index contributed by atoms with van der Waals surface area (Å²) in [7, 11) is 0. The summed E-state index contributed by atoms with van der Waals surface area (Å²) >= 11 is 0. The third-order valence-electron chi connectivity index (χ3n) is 5.12. The highest BCUT2D eigenvalue weighted by molar-refractivity contribution is 6.07. The summed E-state index contributed by atoms with van der Waals surface area (Å²) in [6.07, 6.45) is 2.37. The predicted molar refractivity (Wildman–Crippen MR) is 91.3 cm³/mol. The van der Waals surface area contributed by atoms with E-state index < -0.39 is 11.6 Å². The van der Waals surface area contributed by atoms with E-state index in [1.807, 2.05) is 24.3 Å². The molecule has 2 aromatic rings. The van der Waals surface area contributed by atoms with E-state index in [1.54, 1.807) is 24.3 Å². The summed E-state index contributed by atoms with van der Waals surface area (Å²) in [5.74, 6) is -0.225. The molecule has 1 aliphatic heterocycles. The van der Waals surface area contributed by atoms with Crippen LogP contribution in [-0.2, 0) is 23.3 Å². The second-order valence-corrected chi connectivity index (χ2v) is 6.51. The first-order chi connectivity index (χ1) is 12.2. The van der Waals surface area contributed by atoms with Crippen LogP contribution in [0.15, 0.2) is 48.5 Å². The zero-order valence-corrected chi connectivity index (χ0v) is 13.7. The van der Waals surface area contributed by atoms with Crippen LogP contribution in [0.3, 0.4) is 0 Å². The molecule has 0 saturated carbocycles. The van der Waals surface area contributed by atoms with Crippen LogP contribution in [0.2, 0.25) is 0 Å². The second kappa shape index (κ2) is 5.75. The van der Waals surface area contributed by atoms with Crippen molar-refractivity contribution in [1.82, 2.24) is 10.2 Å². The Morgan fingerprint density at radius 2 is 1.88 bits per heavy atom. The van der Waals surface area contributed by atoms with Crippen molar-refractivity contribution in [2.45, 2.75) is 31.3 Å². The van der Waals surface area contributed by atoms with Gasteiger partial charge in [-0.15, -0.1) is 0 Å². The SMILES string of the molecule is N#Cc1ccccc1CN1C(=O)NC2(CCCc3ccccc32)C1=O. The van der Waals surface area contributed by atoms with Gasteiger partial charge >= 0.3 is 6.03 Å². The molecule has 5 heteroatoms. The molecule has 124 valence electrons. The average Bonchev–Trinajstić information content (AvgIpc) is 2.87. The molecule has 2 aliphatic rings. The van der Waals surface area contributed by atoms with Crippen LogP contribution >= 0.6 is 0 Å². The third kappa shape index (κ3) is 2.30. The molecule has 0 radical (unpaired) electrons. The zero-order chi connectivity index (χ0) is 17.4. The Balaban J connectivity index is 1.72. The topological polar surface area (TPSA) is 73.2 Å². The molecule has 0 bridgehead atoms. The predicted octanol–water partition coefficient (Wildman–Crippen LogP) is 2.84. The minimum Gasteiger partial charge on any atom is -0.319 e. The van der Waals surface area contributed by atoms with Crippen LogP contribution in [0, 0.1) is 11.3 Å². The Bertz CT molecular complexity index is 915. The average molecular weight is 331 g/mol. The van der Waals surface area contributed by atoms with Crippen molar-refractivity contribution in [3.05, 3.63) is 70.8 Å². The molecule has 1 N–H and O–H groups in total. The second-order valence-electron chi connectivity index (χ2n) is 6.51. The van der Waals surface area contributed by atoms with Crippen LogP contribution in [0.25, 0.3) is 0 Å². The summed E-state index contributed by atoms with van der Waals surface area (Å²) in [5, 5.41) is 12.2. The Hall–Kier alpha value is -3.13. The van der Waals surface area contributed by atoms with E-state index in [0.717, 1.165) is 24.0 Å². The van der Waals surface area contributed by atoms with Crippen molar-refractivity contribution in [2.24, 2.45) is 0 Å². The number of nitrogens with zero attached hydrogens (tertiary/aromatic N) is 2. The lowest BCUT2D eigenvalue weighted by atomic mass is 9.76. The lowest BCUT2D eigenvalue weighted by Gasteiger charge is -2.33. The number of hydrogen-bond acceptors (Lipinski definition) is 3. The van der Waals surface area contributed by atoms with Gasteiger partial charge < -0.3 is 5.32 Å². The largest absolute Gasteiger partial charge is 0.325 e. The van der Waals surface area contributed by atoms with Gasteiger partial charge in [0.2, 0.25) is 0 Å². The van der Waals surface area contributed by atoms with Crippen molar-refractivity contribution in [3.63, 3.8) is 0 Å². The molecule has 1 fully saturated rings. The van der Waals surface area contributed by atoms with Gasteiger partial charge in [-0.3, -0.25) is 9.69 Å².